The number of hydrogen-bond acceptors (Lipinski definition) is 6. The summed E-state index contributed by atoms with van der Waals surface area (Å²) in [6, 6.07) is 0. The molecule has 2 saturated heterocycles. The van der Waals surface area contributed by atoms with Gasteiger partial charge in [0.25, 0.3) is 5.88 Å². The maximum absolute atomic E-state index is 11.9. The Balaban J connectivity index is 2.47. The molecule has 2 fully saturated rings. The van der Waals surface area contributed by atoms with Gasteiger partial charge in [0.2, 0.25) is 5.37 Å². The zero-order valence-electron chi connectivity index (χ0n) is 14.8. The lowest BCUT2D eigenvalue weighted by Gasteiger charge is -2.52. The number of esters is 1. The summed E-state index contributed by atoms with van der Waals surface area (Å²) in [5.41, 5.74) is -0.719. The molecule has 0 radical (unpaired) electrons. The summed E-state index contributed by atoms with van der Waals surface area (Å²) in [4.78, 5) is 23.5. The van der Waals surface area contributed by atoms with E-state index in [2.05, 4.69) is 0 Å². The molecule has 0 amide bonds. The van der Waals surface area contributed by atoms with E-state index < -0.39 is 32.8 Å². The van der Waals surface area contributed by atoms with Crippen LogP contribution in [0.25, 0.3) is 0 Å². The number of hydrogen-bond donors (Lipinski definition) is 1. The Morgan fingerprint density at radius 1 is 1.44 bits per heavy atom. The average Bonchev–Trinajstić information content (AvgIpc) is 2.68. The molecular weight excluding hydrogens is 350 g/mol. The van der Waals surface area contributed by atoms with Crippen LogP contribution in [0.1, 0.15) is 34.1 Å². The van der Waals surface area contributed by atoms with Crippen molar-refractivity contribution in [2.24, 2.45) is 0 Å². The molecule has 2 aliphatic heterocycles. The molecule has 2 rings (SSSR count). The normalized spacial score (nSPS) is 30.0. The standard InChI is InChI=1S/C16H23NO7S/c1-5-23-15(19)12(11(2)18)6-7-13-17(16(3,4)10-24-13)9-8-14(17)25(20,21)22/h6-7,14H,5,8-10H2,1-4H3/p+1. The summed E-state index contributed by atoms with van der Waals surface area (Å²) in [5.74, 6) is -0.901. The van der Waals surface area contributed by atoms with Crippen molar-refractivity contribution in [1.29, 1.82) is 0 Å². The lowest BCUT2D eigenvalue weighted by atomic mass is 9.94. The van der Waals surface area contributed by atoms with Crippen LogP contribution >= 0.6 is 0 Å². The van der Waals surface area contributed by atoms with Gasteiger partial charge in [0.15, 0.2) is 5.78 Å². The molecule has 2 atom stereocenters. The van der Waals surface area contributed by atoms with Gasteiger partial charge in [0.1, 0.15) is 17.7 Å². The first-order valence-corrected chi connectivity index (χ1v) is 9.55. The van der Waals surface area contributed by atoms with Gasteiger partial charge >= 0.3 is 16.1 Å². The number of nitrogens with zero attached hydrogens (tertiary/aromatic N) is 1. The van der Waals surface area contributed by atoms with Crippen LogP contribution in [-0.2, 0) is 29.2 Å². The van der Waals surface area contributed by atoms with Crippen LogP contribution in [-0.4, -0.2) is 59.9 Å². The van der Waals surface area contributed by atoms with Crippen molar-refractivity contribution < 1.29 is 36.5 Å². The molecule has 9 heteroatoms. The fourth-order valence-electron chi connectivity index (χ4n) is 3.47. The molecule has 0 aromatic carbocycles. The Kier molecular flexibility index (Phi) is 5.13. The van der Waals surface area contributed by atoms with Crippen molar-refractivity contribution in [2.75, 3.05) is 19.8 Å². The summed E-state index contributed by atoms with van der Waals surface area (Å²) in [6.07, 6.45) is 3.03. The van der Waals surface area contributed by atoms with Crippen LogP contribution in [0.2, 0.25) is 0 Å². The first-order chi connectivity index (χ1) is 11.5. The number of Topliss-reactive ketones (excluding diaryl/α,β-unsaturated/α-hetero) is 1. The molecule has 2 heterocycles. The second-order valence-corrected chi connectivity index (χ2v) is 8.39. The van der Waals surface area contributed by atoms with Gasteiger partial charge in [-0.3, -0.25) is 9.35 Å². The van der Waals surface area contributed by atoms with Gasteiger partial charge in [-0.15, -0.1) is 0 Å². The number of allylic oxidation sites excluding steroid dienone is 2. The van der Waals surface area contributed by atoms with E-state index in [4.69, 9.17) is 9.47 Å². The SMILES string of the molecule is CCOC(=O)C(=CC=C1OCC(C)(C)[N+]12CCC2S(=O)(=O)O)C(C)=O. The van der Waals surface area contributed by atoms with Crippen LogP contribution in [0.4, 0.5) is 0 Å². The highest BCUT2D eigenvalue weighted by Crippen LogP contribution is 2.50. The smallest absolute Gasteiger partial charge is 0.341 e. The summed E-state index contributed by atoms with van der Waals surface area (Å²) < 4.78 is 43.6. The van der Waals surface area contributed by atoms with Crippen LogP contribution in [0.5, 0.6) is 0 Å². The van der Waals surface area contributed by atoms with Crippen molar-refractivity contribution >= 4 is 21.9 Å². The molecule has 0 aromatic heterocycles. The Bertz CT molecular complexity index is 750. The number of quaternary nitrogens is 1. The number of carbonyl (C=O) groups is 2. The monoisotopic (exact) mass is 374 g/mol. The molecular formula is C16H24NO7S+. The minimum absolute atomic E-state index is 0.0592. The highest BCUT2D eigenvalue weighted by molar-refractivity contribution is 7.86. The van der Waals surface area contributed by atoms with Gasteiger partial charge in [-0.1, -0.05) is 0 Å². The molecule has 2 unspecified atom stereocenters. The van der Waals surface area contributed by atoms with Crippen LogP contribution in [0.15, 0.2) is 23.6 Å². The number of ketones is 1. The van der Waals surface area contributed by atoms with E-state index >= 15 is 0 Å². The zero-order chi connectivity index (χ0) is 19.0. The van der Waals surface area contributed by atoms with Crippen molar-refractivity contribution in [2.45, 2.75) is 45.0 Å². The lowest BCUT2D eigenvalue weighted by molar-refractivity contribution is -0.978. The Morgan fingerprint density at radius 3 is 2.52 bits per heavy atom. The molecule has 0 aromatic rings. The number of carbonyl (C=O) groups excluding carboxylic acids is 2. The molecule has 2 aliphatic rings. The van der Waals surface area contributed by atoms with E-state index in [1.54, 1.807) is 6.92 Å². The number of rotatable bonds is 5. The van der Waals surface area contributed by atoms with Crippen molar-refractivity contribution in [3.8, 4) is 0 Å². The molecule has 0 bridgehead atoms. The summed E-state index contributed by atoms with van der Waals surface area (Å²) >= 11 is 0. The van der Waals surface area contributed by atoms with E-state index in [1.807, 2.05) is 13.8 Å². The predicted octanol–water partition coefficient (Wildman–Crippen LogP) is 1.15. The van der Waals surface area contributed by atoms with Gasteiger partial charge in [-0.2, -0.15) is 8.42 Å². The van der Waals surface area contributed by atoms with Gasteiger partial charge in [-0.05, 0) is 33.8 Å². The largest absolute Gasteiger partial charge is 0.462 e. The molecule has 1 N–H and O–H groups in total. The second kappa shape index (κ2) is 6.54. The third-order valence-corrected chi connectivity index (χ3v) is 6.16. The molecule has 0 saturated carbocycles. The molecule has 1 spiro atoms. The average molecular weight is 374 g/mol. The van der Waals surface area contributed by atoms with Crippen LogP contribution in [0.3, 0.4) is 0 Å². The predicted molar refractivity (Wildman–Crippen MR) is 88.6 cm³/mol. The fourth-order valence-corrected chi connectivity index (χ4v) is 4.82. The third-order valence-electron chi connectivity index (χ3n) is 4.88. The number of ether oxygens (including phenoxy) is 2. The first-order valence-electron chi connectivity index (χ1n) is 8.05. The lowest BCUT2D eigenvalue weighted by Crippen LogP contribution is -2.72. The Hall–Kier alpha value is -1.71. The quantitative estimate of drug-likeness (QED) is 0.192. The highest BCUT2D eigenvalue weighted by atomic mass is 32.2. The van der Waals surface area contributed by atoms with Crippen molar-refractivity contribution in [1.82, 2.24) is 0 Å². The summed E-state index contributed by atoms with van der Waals surface area (Å²) in [6.45, 7) is 7.45. The molecule has 140 valence electrons. The summed E-state index contributed by atoms with van der Waals surface area (Å²) in [7, 11) is -4.27. The molecule has 8 nitrogen and oxygen atoms in total. The van der Waals surface area contributed by atoms with Gasteiger partial charge < -0.3 is 9.47 Å². The Labute approximate surface area is 147 Å². The zero-order valence-corrected chi connectivity index (χ0v) is 15.6. The van der Waals surface area contributed by atoms with E-state index in [-0.39, 0.29) is 23.3 Å². The maximum atomic E-state index is 11.9. The minimum Gasteiger partial charge on any atom is -0.462 e. The minimum atomic E-state index is -4.27. The van der Waals surface area contributed by atoms with E-state index in [1.165, 1.54) is 19.1 Å². The van der Waals surface area contributed by atoms with Gasteiger partial charge in [-0.25, -0.2) is 9.28 Å². The molecule has 25 heavy (non-hydrogen) atoms. The van der Waals surface area contributed by atoms with Gasteiger partial charge in [0, 0.05) is 6.08 Å². The Morgan fingerprint density at radius 2 is 2.08 bits per heavy atom. The van der Waals surface area contributed by atoms with E-state index in [0.717, 1.165) is 0 Å². The van der Waals surface area contributed by atoms with Crippen molar-refractivity contribution in [3.63, 3.8) is 0 Å². The second-order valence-electron chi connectivity index (χ2n) is 6.81. The first kappa shape index (κ1) is 19.6. The third kappa shape index (κ3) is 3.23. The maximum Gasteiger partial charge on any atom is 0.341 e. The topological polar surface area (TPSA) is 107 Å². The van der Waals surface area contributed by atoms with Crippen LogP contribution in [0, 0.1) is 0 Å². The van der Waals surface area contributed by atoms with Gasteiger partial charge in [0.05, 0.1) is 19.6 Å². The highest BCUT2D eigenvalue weighted by Gasteiger charge is 2.68. The van der Waals surface area contributed by atoms with Crippen LogP contribution < -0.4 is 0 Å². The van der Waals surface area contributed by atoms with Crippen molar-refractivity contribution in [3.05, 3.63) is 23.6 Å². The fraction of sp³-hybridized carbons (Fsp3) is 0.625. The molecule has 0 aliphatic carbocycles. The summed E-state index contributed by atoms with van der Waals surface area (Å²) in [5, 5.41) is -1.02. The van der Waals surface area contributed by atoms with E-state index in [9.17, 15) is 22.6 Å². The van der Waals surface area contributed by atoms with E-state index in [0.29, 0.717) is 18.8 Å².